The van der Waals surface area contributed by atoms with Crippen molar-refractivity contribution in [1.29, 1.82) is 0 Å². The fourth-order valence-corrected chi connectivity index (χ4v) is 3.61. The van der Waals surface area contributed by atoms with Crippen molar-refractivity contribution in [3.8, 4) is 0 Å². The Morgan fingerprint density at radius 1 is 0.647 bits per heavy atom. The van der Waals surface area contributed by atoms with Gasteiger partial charge in [-0.25, -0.2) is 0 Å². The number of ketones is 3. The molecule has 3 aromatic carbocycles. The Labute approximate surface area is 194 Å². The molecule has 1 unspecified atom stereocenters. The van der Waals surface area contributed by atoms with Crippen LogP contribution >= 0.6 is 0 Å². The molecule has 34 heavy (non-hydrogen) atoms. The van der Waals surface area contributed by atoms with E-state index >= 15 is 0 Å². The molecular formula is C26H22O8. The number of aldehydes is 1. The van der Waals surface area contributed by atoms with E-state index in [9.17, 15) is 39.6 Å². The molecule has 0 fully saturated rings. The summed E-state index contributed by atoms with van der Waals surface area (Å²) in [5.74, 6) is -3.96. The van der Waals surface area contributed by atoms with E-state index < -0.39 is 40.8 Å². The Morgan fingerprint density at radius 2 is 1.03 bits per heavy atom. The summed E-state index contributed by atoms with van der Waals surface area (Å²) >= 11 is 0. The molecule has 0 heterocycles. The topological polar surface area (TPSA) is 149 Å². The van der Waals surface area contributed by atoms with Crippen molar-refractivity contribution in [2.24, 2.45) is 0 Å². The molecule has 0 aliphatic carbocycles. The van der Waals surface area contributed by atoms with E-state index in [1.54, 1.807) is 18.2 Å². The van der Waals surface area contributed by atoms with Gasteiger partial charge in [-0.3, -0.25) is 19.2 Å². The first kappa shape index (κ1) is 24.8. The quantitative estimate of drug-likeness (QED) is 0.198. The molecular weight excluding hydrogens is 440 g/mol. The number of Topliss-reactive ketones (excluding diaryl/α,β-unsaturated/α-hetero) is 3. The summed E-state index contributed by atoms with van der Waals surface area (Å²) in [7, 11) is 0. The largest absolute Gasteiger partial charge is 0.386 e. The smallest absolute Gasteiger partial charge is 0.222 e. The van der Waals surface area contributed by atoms with Crippen molar-refractivity contribution >= 4 is 23.6 Å². The van der Waals surface area contributed by atoms with Gasteiger partial charge in [-0.15, -0.1) is 0 Å². The molecule has 0 bridgehead atoms. The molecule has 3 aromatic rings. The summed E-state index contributed by atoms with van der Waals surface area (Å²) in [6.07, 6.45) is -5.63. The van der Waals surface area contributed by atoms with Crippen molar-refractivity contribution in [2.75, 3.05) is 0 Å². The van der Waals surface area contributed by atoms with Crippen LogP contribution in [-0.2, 0) is 4.79 Å². The fourth-order valence-electron chi connectivity index (χ4n) is 3.61. The van der Waals surface area contributed by atoms with E-state index in [1.807, 2.05) is 0 Å². The predicted octanol–water partition coefficient (Wildman–Crippen LogP) is 1.02. The molecule has 0 aliphatic rings. The van der Waals surface area contributed by atoms with Crippen LogP contribution in [0, 0.1) is 0 Å². The monoisotopic (exact) mass is 462 g/mol. The Hall–Kier alpha value is -3.82. The Kier molecular flexibility index (Phi) is 7.29. The lowest BCUT2D eigenvalue weighted by atomic mass is 9.69. The minimum Gasteiger partial charge on any atom is -0.386 e. The summed E-state index contributed by atoms with van der Waals surface area (Å²) in [4.78, 5) is 51.5. The van der Waals surface area contributed by atoms with Crippen LogP contribution in [0.25, 0.3) is 0 Å². The molecule has 0 aromatic heterocycles. The average Bonchev–Trinajstić information content (AvgIpc) is 2.91. The third kappa shape index (κ3) is 4.23. The van der Waals surface area contributed by atoms with Gasteiger partial charge in [-0.2, -0.15) is 0 Å². The van der Waals surface area contributed by atoms with E-state index in [2.05, 4.69) is 0 Å². The predicted molar refractivity (Wildman–Crippen MR) is 120 cm³/mol. The second-order valence-corrected chi connectivity index (χ2v) is 7.66. The molecule has 8 nitrogen and oxygen atoms in total. The van der Waals surface area contributed by atoms with Crippen molar-refractivity contribution in [3.05, 3.63) is 108 Å². The maximum absolute atomic E-state index is 13.4. The molecule has 0 aliphatic heterocycles. The highest BCUT2D eigenvalue weighted by molar-refractivity contribution is 6.19. The Morgan fingerprint density at radius 3 is 1.44 bits per heavy atom. The number of hydrogen-bond acceptors (Lipinski definition) is 8. The molecule has 4 atom stereocenters. The van der Waals surface area contributed by atoms with Crippen LogP contribution < -0.4 is 0 Å². The van der Waals surface area contributed by atoms with Gasteiger partial charge in [0.25, 0.3) is 0 Å². The minimum atomic E-state index is -3.63. The van der Waals surface area contributed by atoms with Crippen LogP contribution in [0.1, 0.15) is 31.1 Å². The molecule has 0 radical (unpaired) electrons. The normalized spacial score (nSPS) is 16.4. The highest BCUT2D eigenvalue weighted by Crippen LogP contribution is 2.34. The first-order valence-corrected chi connectivity index (χ1v) is 10.2. The number of carbonyl (C=O) groups is 4. The lowest BCUT2D eigenvalue weighted by Gasteiger charge is -2.41. The number of hydrogen-bond donors (Lipinski definition) is 4. The van der Waals surface area contributed by atoms with Gasteiger partial charge in [0.15, 0.2) is 17.7 Å². The van der Waals surface area contributed by atoms with Gasteiger partial charge in [0.05, 0.1) is 0 Å². The number of carbonyl (C=O) groups excluding carboxylic acids is 4. The van der Waals surface area contributed by atoms with E-state index in [1.165, 1.54) is 72.8 Å². The summed E-state index contributed by atoms with van der Waals surface area (Å²) in [5, 5.41) is 44.3. The number of aliphatic hydroxyl groups is 4. The van der Waals surface area contributed by atoms with E-state index in [4.69, 9.17) is 0 Å². The van der Waals surface area contributed by atoms with Gasteiger partial charge in [0, 0.05) is 16.7 Å². The second-order valence-electron chi connectivity index (χ2n) is 7.66. The Bertz CT molecular complexity index is 1180. The molecule has 3 rings (SSSR count). The van der Waals surface area contributed by atoms with Crippen LogP contribution in [0.4, 0.5) is 0 Å². The van der Waals surface area contributed by atoms with E-state index in [0.717, 1.165) is 0 Å². The lowest BCUT2D eigenvalue weighted by molar-refractivity contribution is -0.172. The summed E-state index contributed by atoms with van der Waals surface area (Å²) in [6.45, 7) is 0. The molecule has 0 spiro atoms. The molecule has 0 saturated carbocycles. The van der Waals surface area contributed by atoms with Gasteiger partial charge >= 0.3 is 0 Å². The standard InChI is InChI=1S/C26H22O8/c27-16-25(33,22(30)18-12-6-2-7-13-18)26(34,23(31)19-14-8-3-9-15-19)24(32)21(29)20(28)17-10-4-1-5-11-17/h1-16,21,24,29,32-34H/t21?,24-,25-,26-/m0/s1. The maximum atomic E-state index is 13.4. The third-order valence-corrected chi connectivity index (χ3v) is 5.57. The van der Waals surface area contributed by atoms with Gasteiger partial charge < -0.3 is 20.4 Å². The maximum Gasteiger partial charge on any atom is 0.222 e. The molecule has 0 amide bonds. The first-order valence-electron chi connectivity index (χ1n) is 10.2. The summed E-state index contributed by atoms with van der Waals surface area (Å²) in [6, 6.07) is 20.8. The molecule has 0 saturated heterocycles. The lowest BCUT2D eigenvalue weighted by Crippen LogP contribution is -2.72. The van der Waals surface area contributed by atoms with Gasteiger partial charge in [0.1, 0.15) is 12.2 Å². The highest BCUT2D eigenvalue weighted by Gasteiger charge is 2.65. The van der Waals surface area contributed by atoms with Crippen molar-refractivity contribution < 1.29 is 39.6 Å². The zero-order valence-electron chi connectivity index (χ0n) is 17.8. The third-order valence-electron chi connectivity index (χ3n) is 5.57. The number of benzene rings is 3. The SMILES string of the molecule is O=C[C@](O)(C(=O)c1ccccc1)[C@](O)(C(=O)c1ccccc1)[C@@H](O)C(O)C(=O)c1ccccc1. The number of aliphatic hydroxyl groups excluding tert-OH is 2. The van der Waals surface area contributed by atoms with Gasteiger partial charge in [-0.1, -0.05) is 91.0 Å². The van der Waals surface area contributed by atoms with E-state index in [-0.39, 0.29) is 23.0 Å². The Balaban J connectivity index is 2.17. The summed E-state index contributed by atoms with van der Waals surface area (Å²) in [5.41, 5.74) is -7.81. The number of rotatable bonds is 10. The van der Waals surface area contributed by atoms with Crippen LogP contribution in [0.2, 0.25) is 0 Å². The van der Waals surface area contributed by atoms with Crippen LogP contribution in [0.3, 0.4) is 0 Å². The second kappa shape index (κ2) is 9.98. The summed E-state index contributed by atoms with van der Waals surface area (Å²) < 4.78 is 0. The van der Waals surface area contributed by atoms with Crippen LogP contribution in [-0.4, -0.2) is 67.5 Å². The molecule has 8 heteroatoms. The highest BCUT2D eigenvalue weighted by atomic mass is 16.4. The molecule has 4 N–H and O–H groups in total. The van der Waals surface area contributed by atoms with Crippen LogP contribution in [0.5, 0.6) is 0 Å². The van der Waals surface area contributed by atoms with Gasteiger partial charge in [0.2, 0.25) is 17.2 Å². The average molecular weight is 462 g/mol. The zero-order chi connectivity index (χ0) is 24.9. The first-order chi connectivity index (χ1) is 16.2. The minimum absolute atomic E-state index is 0.0763. The van der Waals surface area contributed by atoms with Crippen molar-refractivity contribution in [1.82, 2.24) is 0 Å². The van der Waals surface area contributed by atoms with Gasteiger partial charge in [-0.05, 0) is 0 Å². The zero-order valence-corrected chi connectivity index (χ0v) is 17.8. The fraction of sp³-hybridized carbons (Fsp3) is 0.154. The van der Waals surface area contributed by atoms with E-state index in [0.29, 0.717) is 0 Å². The van der Waals surface area contributed by atoms with Crippen molar-refractivity contribution in [3.63, 3.8) is 0 Å². The molecule has 174 valence electrons. The van der Waals surface area contributed by atoms with Crippen molar-refractivity contribution in [2.45, 2.75) is 23.4 Å². The van der Waals surface area contributed by atoms with Crippen LogP contribution in [0.15, 0.2) is 91.0 Å².